The summed E-state index contributed by atoms with van der Waals surface area (Å²) in [5.41, 5.74) is 1.14. The molecule has 1 aliphatic carbocycles. The van der Waals surface area contributed by atoms with E-state index in [-0.39, 0.29) is 0 Å². The monoisotopic (exact) mass is 369 g/mol. The first-order valence-corrected chi connectivity index (χ1v) is 10.4. The van der Waals surface area contributed by atoms with Crippen LogP contribution in [-0.2, 0) is 11.3 Å². The number of morpholine rings is 1. The lowest BCUT2D eigenvalue weighted by molar-refractivity contribution is 0.0358. The van der Waals surface area contributed by atoms with Gasteiger partial charge in [0.15, 0.2) is 0 Å². The van der Waals surface area contributed by atoms with E-state index in [4.69, 9.17) is 9.47 Å². The Hall–Kier alpha value is -1.85. The number of benzene rings is 1. The third-order valence-corrected chi connectivity index (χ3v) is 5.73. The van der Waals surface area contributed by atoms with Crippen molar-refractivity contribution in [2.24, 2.45) is 5.92 Å². The Morgan fingerprint density at radius 3 is 2.85 bits per heavy atom. The minimum atomic E-state index is 0.747. The summed E-state index contributed by atoms with van der Waals surface area (Å²) in [7, 11) is 0. The van der Waals surface area contributed by atoms with Crippen molar-refractivity contribution in [3.05, 3.63) is 36.7 Å². The molecular formula is C22H31N3O2. The zero-order valence-electron chi connectivity index (χ0n) is 16.2. The third-order valence-electron chi connectivity index (χ3n) is 5.73. The molecule has 0 spiro atoms. The zero-order valence-corrected chi connectivity index (χ0v) is 16.2. The van der Waals surface area contributed by atoms with Crippen molar-refractivity contribution >= 4 is 0 Å². The number of imidazole rings is 1. The van der Waals surface area contributed by atoms with Crippen molar-refractivity contribution in [2.45, 2.75) is 38.6 Å². The van der Waals surface area contributed by atoms with Gasteiger partial charge in [-0.3, -0.25) is 4.90 Å². The maximum absolute atomic E-state index is 6.01. The van der Waals surface area contributed by atoms with Crippen molar-refractivity contribution in [1.29, 1.82) is 0 Å². The first-order chi connectivity index (χ1) is 13.4. The van der Waals surface area contributed by atoms with Gasteiger partial charge >= 0.3 is 0 Å². The van der Waals surface area contributed by atoms with E-state index in [0.29, 0.717) is 0 Å². The topological polar surface area (TPSA) is 39.5 Å². The molecule has 0 unspecified atom stereocenters. The van der Waals surface area contributed by atoms with Crippen LogP contribution in [0.4, 0.5) is 0 Å². The number of ether oxygens (including phenoxy) is 2. The Morgan fingerprint density at radius 2 is 2.00 bits per heavy atom. The van der Waals surface area contributed by atoms with Crippen molar-refractivity contribution in [3.63, 3.8) is 0 Å². The van der Waals surface area contributed by atoms with Crippen LogP contribution in [0.5, 0.6) is 5.75 Å². The lowest BCUT2D eigenvalue weighted by atomic mass is 10.1. The molecule has 27 heavy (non-hydrogen) atoms. The predicted molar refractivity (Wildman–Crippen MR) is 107 cm³/mol. The van der Waals surface area contributed by atoms with Crippen LogP contribution >= 0.6 is 0 Å². The normalized spacial score (nSPS) is 18.8. The molecule has 2 aromatic rings. The maximum atomic E-state index is 6.01. The minimum absolute atomic E-state index is 0.747. The fourth-order valence-electron chi connectivity index (χ4n) is 4.22. The van der Waals surface area contributed by atoms with Gasteiger partial charge in [-0.1, -0.05) is 25.0 Å². The molecule has 2 aliphatic rings. The van der Waals surface area contributed by atoms with Gasteiger partial charge in [-0.15, -0.1) is 0 Å². The second-order valence-electron chi connectivity index (χ2n) is 7.74. The SMILES string of the molecule is c1cc(OCCCN2CCOCC2)cc(-c2nccn2CC2CCCC2)c1. The van der Waals surface area contributed by atoms with Crippen molar-refractivity contribution in [3.8, 4) is 17.1 Å². The summed E-state index contributed by atoms with van der Waals surface area (Å²) in [6, 6.07) is 8.38. The Labute approximate surface area is 162 Å². The second-order valence-corrected chi connectivity index (χ2v) is 7.74. The van der Waals surface area contributed by atoms with Crippen molar-refractivity contribution in [1.82, 2.24) is 14.5 Å². The van der Waals surface area contributed by atoms with Crippen LogP contribution in [0.1, 0.15) is 32.1 Å². The van der Waals surface area contributed by atoms with Gasteiger partial charge in [0.1, 0.15) is 11.6 Å². The highest BCUT2D eigenvalue weighted by atomic mass is 16.5. The van der Waals surface area contributed by atoms with Crippen LogP contribution in [0.25, 0.3) is 11.4 Å². The Kier molecular flexibility index (Phi) is 6.43. The third kappa shape index (κ3) is 5.11. The molecule has 5 heteroatoms. The van der Waals surface area contributed by atoms with Crippen LogP contribution in [0.2, 0.25) is 0 Å². The lowest BCUT2D eigenvalue weighted by Gasteiger charge is -2.26. The summed E-state index contributed by atoms with van der Waals surface area (Å²) in [5.74, 6) is 2.79. The summed E-state index contributed by atoms with van der Waals surface area (Å²) in [6.07, 6.45) is 10.5. The van der Waals surface area contributed by atoms with Gasteiger partial charge < -0.3 is 14.0 Å². The summed E-state index contributed by atoms with van der Waals surface area (Å²) >= 11 is 0. The molecule has 0 N–H and O–H groups in total. The number of nitrogens with zero attached hydrogens (tertiary/aromatic N) is 3. The number of rotatable bonds is 8. The van der Waals surface area contributed by atoms with E-state index in [1.54, 1.807) is 0 Å². The quantitative estimate of drug-likeness (QED) is 0.663. The first-order valence-electron chi connectivity index (χ1n) is 10.4. The number of aromatic nitrogens is 2. The standard InChI is InChI=1S/C22H31N3O2/c1-2-6-19(5-1)18-25-11-9-23-22(25)20-7-3-8-21(17-20)27-14-4-10-24-12-15-26-16-13-24/h3,7-9,11,17,19H,1-2,4-6,10,12-16,18H2. The molecule has 4 rings (SSSR count). The molecule has 0 radical (unpaired) electrons. The van der Waals surface area contributed by atoms with Crippen molar-refractivity contribution < 1.29 is 9.47 Å². The van der Waals surface area contributed by atoms with E-state index in [2.05, 4.69) is 38.8 Å². The molecule has 1 aliphatic heterocycles. The number of hydrogen-bond acceptors (Lipinski definition) is 4. The average molecular weight is 370 g/mol. The highest BCUT2D eigenvalue weighted by Gasteiger charge is 2.17. The molecule has 0 bridgehead atoms. The molecule has 1 aromatic heterocycles. The van der Waals surface area contributed by atoms with Crippen LogP contribution < -0.4 is 4.74 Å². The molecule has 1 saturated carbocycles. The lowest BCUT2D eigenvalue weighted by Crippen LogP contribution is -2.37. The van der Waals surface area contributed by atoms with E-state index < -0.39 is 0 Å². The summed E-state index contributed by atoms with van der Waals surface area (Å²) in [6.45, 7) is 6.71. The van der Waals surface area contributed by atoms with E-state index >= 15 is 0 Å². The summed E-state index contributed by atoms with van der Waals surface area (Å²) in [5, 5.41) is 0. The molecule has 1 aromatic carbocycles. The van der Waals surface area contributed by atoms with Crippen LogP contribution in [0.15, 0.2) is 36.7 Å². The van der Waals surface area contributed by atoms with E-state index in [0.717, 1.165) is 75.5 Å². The predicted octanol–water partition coefficient (Wildman–Crippen LogP) is 3.84. The van der Waals surface area contributed by atoms with Gasteiger partial charge in [0, 0.05) is 44.1 Å². The fraction of sp³-hybridized carbons (Fsp3) is 0.591. The van der Waals surface area contributed by atoms with E-state index in [9.17, 15) is 0 Å². The van der Waals surface area contributed by atoms with Crippen molar-refractivity contribution in [2.75, 3.05) is 39.5 Å². The van der Waals surface area contributed by atoms with Crippen LogP contribution in [0.3, 0.4) is 0 Å². The minimum Gasteiger partial charge on any atom is -0.494 e. The van der Waals surface area contributed by atoms with Gasteiger partial charge in [-0.2, -0.15) is 0 Å². The first kappa shape index (κ1) is 18.5. The van der Waals surface area contributed by atoms with E-state index in [1.165, 1.54) is 25.7 Å². The Balaban J connectivity index is 1.31. The Morgan fingerprint density at radius 1 is 1.15 bits per heavy atom. The van der Waals surface area contributed by atoms with Gasteiger partial charge in [-0.25, -0.2) is 4.98 Å². The molecule has 0 amide bonds. The average Bonchev–Trinajstić information content (AvgIpc) is 3.39. The molecule has 146 valence electrons. The Bertz CT molecular complexity index is 703. The van der Waals surface area contributed by atoms with Crippen LogP contribution in [0, 0.1) is 5.92 Å². The zero-order chi connectivity index (χ0) is 18.3. The highest BCUT2D eigenvalue weighted by molar-refractivity contribution is 5.58. The van der Waals surface area contributed by atoms with Gasteiger partial charge in [-0.05, 0) is 37.3 Å². The fourth-order valence-corrected chi connectivity index (χ4v) is 4.22. The summed E-state index contributed by atoms with van der Waals surface area (Å²) in [4.78, 5) is 7.06. The summed E-state index contributed by atoms with van der Waals surface area (Å²) < 4.78 is 13.7. The van der Waals surface area contributed by atoms with Crippen LogP contribution in [-0.4, -0.2) is 53.9 Å². The second kappa shape index (κ2) is 9.38. The molecule has 1 saturated heterocycles. The number of hydrogen-bond donors (Lipinski definition) is 0. The largest absolute Gasteiger partial charge is 0.494 e. The molecule has 2 fully saturated rings. The highest BCUT2D eigenvalue weighted by Crippen LogP contribution is 2.29. The van der Waals surface area contributed by atoms with Gasteiger partial charge in [0.05, 0.1) is 19.8 Å². The van der Waals surface area contributed by atoms with Gasteiger partial charge in [0.25, 0.3) is 0 Å². The molecule has 0 atom stereocenters. The maximum Gasteiger partial charge on any atom is 0.140 e. The van der Waals surface area contributed by atoms with Gasteiger partial charge in [0.2, 0.25) is 0 Å². The molecule has 5 nitrogen and oxygen atoms in total. The molecule has 2 heterocycles. The molecular weight excluding hydrogens is 338 g/mol. The smallest absolute Gasteiger partial charge is 0.140 e. The van der Waals surface area contributed by atoms with E-state index in [1.807, 2.05) is 12.3 Å².